The molecule has 262 valence electrons. The van der Waals surface area contributed by atoms with E-state index in [1.54, 1.807) is 43.5 Å². The fourth-order valence-corrected chi connectivity index (χ4v) is 7.93. The molecule has 2 aliphatic rings. The highest BCUT2D eigenvalue weighted by molar-refractivity contribution is 7.92. The molecule has 6 rings (SSSR count). The van der Waals surface area contributed by atoms with Crippen LogP contribution in [0.25, 0.3) is 0 Å². The second kappa shape index (κ2) is 16.1. The summed E-state index contributed by atoms with van der Waals surface area (Å²) in [5, 5.41) is 3.24. The van der Waals surface area contributed by atoms with Gasteiger partial charge < -0.3 is 24.4 Å². The van der Waals surface area contributed by atoms with Gasteiger partial charge in [-0.1, -0.05) is 79.9 Å². The van der Waals surface area contributed by atoms with Crippen molar-refractivity contribution in [2.45, 2.75) is 62.0 Å². The highest BCUT2D eigenvalue weighted by Gasteiger charge is 2.36. The molecule has 11 heteroatoms. The van der Waals surface area contributed by atoms with Crippen molar-refractivity contribution in [3.05, 3.63) is 114 Å². The number of benzene rings is 4. The number of carbonyl (C=O) groups is 2. The summed E-state index contributed by atoms with van der Waals surface area (Å²) < 4.78 is 46.7. The Labute approximate surface area is 294 Å². The van der Waals surface area contributed by atoms with Crippen LogP contribution in [0, 0.1) is 0 Å². The third kappa shape index (κ3) is 8.39. The largest absolute Gasteiger partial charge is 0.497 e. The van der Waals surface area contributed by atoms with Crippen molar-refractivity contribution in [1.29, 1.82) is 0 Å². The van der Waals surface area contributed by atoms with Gasteiger partial charge in [-0.2, -0.15) is 0 Å². The van der Waals surface area contributed by atoms with Gasteiger partial charge in [-0.3, -0.25) is 13.9 Å². The van der Waals surface area contributed by atoms with E-state index < -0.39 is 28.5 Å². The van der Waals surface area contributed by atoms with Crippen LogP contribution in [0.2, 0.25) is 0 Å². The van der Waals surface area contributed by atoms with Crippen LogP contribution in [-0.4, -0.2) is 64.1 Å². The number of sulfonamides is 1. The van der Waals surface area contributed by atoms with Crippen molar-refractivity contribution < 1.29 is 32.2 Å². The molecule has 1 fully saturated rings. The van der Waals surface area contributed by atoms with Crippen LogP contribution in [0.4, 0.5) is 5.69 Å². The average Bonchev–Trinajstić information content (AvgIpc) is 3.16. The van der Waals surface area contributed by atoms with E-state index in [2.05, 4.69) is 5.32 Å². The number of hydrogen-bond acceptors (Lipinski definition) is 7. The molecule has 1 aliphatic carbocycles. The van der Waals surface area contributed by atoms with Gasteiger partial charge in [-0.15, -0.1) is 0 Å². The summed E-state index contributed by atoms with van der Waals surface area (Å²) in [5.41, 5.74) is 1.84. The summed E-state index contributed by atoms with van der Waals surface area (Å²) in [6.07, 6.45) is 5.18. The molecule has 1 N–H and O–H groups in total. The molecule has 4 aromatic rings. The molecule has 0 radical (unpaired) electrons. The van der Waals surface area contributed by atoms with Gasteiger partial charge in [0.05, 0.1) is 17.7 Å². The van der Waals surface area contributed by atoms with Crippen molar-refractivity contribution in [2.24, 2.45) is 0 Å². The number of fused-ring (bicyclic) bond motifs is 1. The van der Waals surface area contributed by atoms with Gasteiger partial charge in [0.15, 0.2) is 11.5 Å². The quantitative estimate of drug-likeness (QED) is 0.189. The number of anilines is 1. The predicted octanol–water partition coefficient (Wildman–Crippen LogP) is 5.75. The first-order valence-electron chi connectivity index (χ1n) is 17.1. The van der Waals surface area contributed by atoms with Gasteiger partial charge in [0, 0.05) is 25.1 Å². The monoisotopic (exact) mass is 697 g/mol. The highest BCUT2D eigenvalue weighted by Crippen LogP contribution is 2.36. The average molecular weight is 698 g/mol. The summed E-state index contributed by atoms with van der Waals surface area (Å²) in [4.78, 5) is 30.7. The first-order chi connectivity index (χ1) is 24.3. The van der Waals surface area contributed by atoms with E-state index in [4.69, 9.17) is 14.2 Å². The van der Waals surface area contributed by atoms with E-state index in [-0.39, 0.29) is 35.5 Å². The Balaban J connectivity index is 1.41. The molecule has 2 amide bonds. The first-order valence-corrected chi connectivity index (χ1v) is 18.5. The lowest BCUT2D eigenvalue weighted by molar-refractivity contribution is -0.140. The summed E-state index contributed by atoms with van der Waals surface area (Å²) in [6.45, 7) is 0.170. The van der Waals surface area contributed by atoms with E-state index in [0.717, 1.165) is 47.5 Å². The van der Waals surface area contributed by atoms with E-state index in [0.29, 0.717) is 30.5 Å². The standard InChI is InChI=1S/C39H43N3O7S/c1-47-33-17-11-14-30(24-33)27-41(35(25-29-12-5-2-6-13-29)39(44)40-31-15-7-3-8-16-31)38(43)28-42(50(45,46)34-18-9-4-10-19-34)32-20-21-36-37(26-32)49-23-22-48-36/h2,4-6,9-14,17-21,24,26,31,35H,3,7-8,15-16,22-23,25,27-28H2,1H3,(H,40,44)/t35-/m0/s1. The second-order valence-corrected chi connectivity index (χ2v) is 14.4. The molecule has 1 aliphatic heterocycles. The number of nitrogens with one attached hydrogen (secondary N) is 1. The van der Waals surface area contributed by atoms with E-state index in [1.807, 2.05) is 54.6 Å². The minimum absolute atomic E-state index is 0.0102. The molecule has 50 heavy (non-hydrogen) atoms. The van der Waals surface area contributed by atoms with Crippen LogP contribution < -0.4 is 23.8 Å². The molecule has 0 spiro atoms. The SMILES string of the molecule is COc1cccc(CN(C(=O)CN(c2ccc3c(c2)OCCO3)S(=O)(=O)c2ccccc2)[C@@H](Cc2ccccc2)C(=O)NC2CCCCC2)c1. The molecule has 0 aromatic heterocycles. The number of amides is 2. The number of hydrogen-bond donors (Lipinski definition) is 1. The Hall–Kier alpha value is -5.03. The minimum atomic E-state index is -4.25. The maximum absolute atomic E-state index is 14.8. The number of carbonyl (C=O) groups excluding carboxylic acids is 2. The normalized spacial score (nSPS) is 15.1. The number of methoxy groups -OCH3 is 1. The third-order valence-electron chi connectivity index (χ3n) is 9.13. The van der Waals surface area contributed by atoms with Crippen molar-refractivity contribution in [3.8, 4) is 17.2 Å². The molecular formula is C39H43N3O7S. The molecule has 1 atom stereocenters. The Morgan fingerprint density at radius 1 is 0.820 bits per heavy atom. The molecule has 0 unspecified atom stereocenters. The van der Waals surface area contributed by atoms with Crippen molar-refractivity contribution in [3.63, 3.8) is 0 Å². The Morgan fingerprint density at radius 3 is 2.22 bits per heavy atom. The Bertz CT molecular complexity index is 1870. The molecule has 1 saturated carbocycles. The molecule has 10 nitrogen and oxygen atoms in total. The van der Waals surface area contributed by atoms with E-state index >= 15 is 0 Å². The smallest absolute Gasteiger partial charge is 0.264 e. The maximum Gasteiger partial charge on any atom is 0.264 e. The van der Waals surface area contributed by atoms with Crippen LogP contribution in [0.15, 0.2) is 108 Å². The van der Waals surface area contributed by atoms with Gasteiger partial charge in [-0.25, -0.2) is 8.42 Å². The maximum atomic E-state index is 14.8. The van der Waals surface area contributed by atoms with Gasteiger partial charge in [0.1, 0.15) is 31.5 Å². The molecule has 0 bridgehead atoms. The first kappa shape index (κ1) is 34.8. The minimum Gasteiger partial charge on any atom is -0.497 e. The van der Waals surface area contributed by atoms with Gasteiger partial charge >= 0.3 is 0 Å². The summed E-state index contributed by atoms with van der Waals surface area (Å²) in [7, 11) is -2.68. The highest BCUT2D eigenvalue weighted by atomic mass is 32.2. The third-order valence-corrected chi connectivity index (χ3v) is 10.9. The van der Waals surface area contributed by atoms with Crippen LogP contribution in [0.3, 0.4) is 0 Å². The molecule has 1 heterocycles. The van der Waals surface area contributed by atoms with E-state index in [1.165, 1.54) is 17.0 Å². The number of nitrogens with zero attached hydrogens (tertiary/aromatic N) is 2. The van der Waals surface area contributed by atoms with Crippen molar-refractivity contribution in [2.75, 3.05) is 31.2 Å². The van der Waals surface area contributed by atoms with Crippen molar-refractivity contribution in [1.82, 2.24) is 10.2 Å². The number of rotatable bonds is 13. The van der Waals surface area contributed by atoms with Crippen LogP contribution in [0.5, 0.6) is 17.2 Å². The lowest BCUT2D eigenvalue weighted by Gasteiger charge is -2.35. The zero-order chi connectivity index (χ0) is 34.9. The zero-order valence-corrected chi connectivity index (χ0v) is 29.0. The van der Waals surface area contributed by atoms with E-state index in [9.17, 15) is 18.0 Å². The zero-order valence-electron chi connectivity index (χ0n) is 28.2. The summed E-state index contributed by atoms with van der Waals surface area (Å²) in [6, 6.07) is 28.8. The second-order valence-electron chi connectivity index (χ2n) is 12.6. The topological polar surface area (TPSA) is 114 Å². The summed E-state index contributed by atoms with van der Waals surface area (Å²) >= 11 is 0. The van der Waals surface area contributed by atoms with Crippen LogP contribution in [-0.2, 0) is 32.6 Å². The van der Waals surface area contributed by atoms with Gasteiger partial charge in [0.25, 0.3) is 10.0 Å². The lowest BCUT2D eigenvalue weighted by Crippen LogP contribution is -2.55. The Morgan fingerprint density at radius 2 is 1.50 bits per heavy atom. The summed E-state index contributed by atoms with van der Waals surface area (Å²) in [5.74, 6) is 0.670. The molecule has 0 saturated heterocycles. The molecule has 4 aromatic carbocycles. The van der Waals surface area contributed by atoms with Crippen molar-refractivity contribution >= 4 is 27.5 Å². The fraction of sp³-hybridized carbons (Fsp3) is 0.333. The lowest BCUT2D eigenvalue weighted by atomic mass is 9.94. The van der Waals surface area contributed by atoms with Gasteiger partial charge in [-0.05, 0) is 60.4 Å². The Kier molecular flexibility index (Phi) is 11.2. The predicted molar refractivity (Wildman–Crippen MR) is 191 cm³/mol. The molecular weight excluding hydrogens is 655 g/mol. The van der Waals surface area contributed by atoms with Crippen LogP contribution >= 0.6 is 0 Å². The van der Waals surface area contributed by atoms with Crippen LogP contribution in [0.1, 0.15) is 43.2 Å². The fourth-order valence-electron chi connectivity index (χ4n) is 6.50. The number of ether oxygens (including phenoxy) is 3. The van der Waals surface area contributed by atoms with Gasteiger partial charge in [0.2, 0.25) is 11.8 Å².